The second kappa shape index (κ2) is 10.3. The molecule has 4 rings (SSSR count). The molecule has 1 aliphatic heterocycles. The number of hydrogen-bond acceptors (Lipinski definition) is 7. The Balaban J connectivity index is 1.53. The topological polar surface area (TPSA) is 137 Å². The molecule has 0 unspecified atom stereocenters. The molecule has 3 aromatic carbocycles. The molecule has 3 N–H and O–H groups in total. The van der Waals surface area contributed by atoms with Crippen molar-refractivity contribution in [1.82, 2.24) is 10.4 Å². The van der Waals surface area contributed by atoms with Crippen LogP contribution in [0.15, 0.2) is 88.0 Å². The SMILES string of the molecule is O=C(CNN1C(=O)/C(=C/c2cc(Br)ccc2O)N=C1c1ccccc1)Nc1ccc([N+](=O)[O-])cc1. The second-order valence-electron chi connectivity index (χ2n) is 7.36. The molecule has 1 heterocycles. The first-order valence-corrected chi connectivity index (χ1v) is 11.1. The van der Waals surface area contributed by atoms with Crippen LogP contribution in [0.2, 0.25) is 0 Å². The standard InChI is InChI=1S/C24H18BrN5O5/c25-17-6-11-21(31)16(12-17)13-20-24(33)29(23(28-20)15-4-2-1-3-5-15)26-14-22(32)27-18-7-9-19(10-8-18)30(34)35/h1-13,26,31H,14H2,(H,27,32)/b20-13-. The van der Waals surface area contributed by atoms with Gasteiger partial charge in [0.15, 0.2) is 5.84 Å². The average Bonchev–Trinajstić information content (AvgIpc) is 3.16. The highest BCUT2D eigenvalue weighted by molar-refractivity contribution is 9.10. The third kappa shape index (κ3) is 5.60. The van der Waals surface area contributed by atoms with E-state index in [-0.39, 0.29) is 23.7 Å². The minimum Gasteiger partial charge on any atom is -0.507 e. The Morgan fingerprint density at radius 2 is 1.83 bits per heavy atom. The Morgan fingerprint density at radius 3 is 2.51 bits per heavy atom. The number of benzene rings is 3. The smallest absolute Gasteiger partial charge is 0.292 e. The average molecular weight is 536 g/mol. The summed E-state index contributed by atoms with van der Waals surface area (Å²) in [5.41, 5.74) is 4.18. The van der Waals surface area contributed by atoms with E-state index in [2.05, 4.69) is 31.7 Å². The fourth-order valence-electron chi connectivity index (χ4n) is 3.26. The number of anilines is 1. The van der Waals surface area contributed by atoms with Gasteiger partial charge in [0.25, 0.3) is 11.6 Å². The van der Waals surface area contributed by atoms with Crippen molar-refractivity contribution in [1.29, 1.82) is 0 Å². The highest BCUT2D eigenvalue weighted by atomic mass is 79.9. The third-order valence-corrected chi connectivity index (χ3v) is 5.43. The number of nitro groups is 1. The van der Waals surface area contributed by atoms with Crippen LogP contribution < -0.4 is 10.7 Å². The number of carbonyl (C=O) groups excluding carboxylic acids is 2. The first-order chi connectivity index (χ1) is 16.8. The number of halogens is 1. The maximum atomic E-state index is 13.2. The molecule has 11 heteroatoms. The van der Waals surface area contributed by atoms with Gasteiger partial charge in [-0.1, -0.05) is 46.3 Å². The van der Waals surface area contributed by atoms with E-state index in [9.17, 15) is 24.8 Å². The van der Waals surface area contributed by atoms with E-state index in [1.807, 2.05) is 6.07 Å². The number of carbonyl (C=O) groups is 2. The molecule has 0 bridgehead atoms. The summed E-state index contributed by atoms with van der Waals surface area (Å²) in [5, 5.41) is 24.7. The van der Waals surface area contributed by atoms with Crippen molar-refractivity contribution in [3.05, 3.63) is 104 Å². The van der Waals surface area contributed by atoms with Crippen LogP contribution in [-0.4, -0.2) is 39.2 Å². The fourth-order valence-corrected chi connectivity index (χ4v) is 3.63. The van der Waals surface area contributed by atoms with Crippen molar-refractivity contribution in [2.24, 2.45) is 4.99 Å². The summed E-state index contributed by atoms with van der Waals surface area (Å²) in [6, 6.07) is 19.2. The van der Waals surface area contributed by atoms with Crippen LogP contribution in [0.5, 0.6) is 5.75 Å². The number of non-ortho nitro benzene ring substituents is 1. The molecule has 0 fully saturated rings. The Kier molecular flexibility index (Phi) is 6.99. The van der Waals surface area contributed by atoms with Gasteiger partial charge in [-0.05, 0) is 36.4 Å². The van der Waals surface area contributed by atoms with Crippen molar-refractivity contribution in [2.75, 3.05) is 11.9 Å². The van der Waals surface area contributed by atoms with E-state index in [1.165, 1.54) is 41.4 Å². The molecule has 0 aromatic heterocycles. The van der Waals surface area contributed by atoms with Crippen LogP contribution >= 0.6 is 15.9 Å². The van der Waals surface area contributed by atoms with Crippen molar-refractivity contribution in [3.63, 3.8) is 0 Å². The first kappa shape index (κ1) is 23.8. The van der Waals surface area contributed by atoms with Gasteiger partial charge < -0.3 is 10.4 Å². The van der Waals surface area contributed by atoms with Crippen molar-refractivity contribution < 1.29 is 19.6 Å². The van der Waals surface area contributed by atoms with E-state index in [4.69, 9.17) is 0 Å². The number of phenols is 1. The van der Waals surface area contributed by atoms with Gasteiger partial charge in [0.2, 0.25) is 5.91 Å². The zero-order chi connectivity index (χ0) is 24.9. The van der Waals surface area contributed by atoms with Crippen molar-refractivity contribution in [2.45, 2.75) is 0 Å². The zero-order valence-corrected chi connectivity index (χ0v) is 19.6. The van der Waals surface area contributed by atoms with Crippen LogP contribution in [0.4, 0.5) is 11.4 Å². The van der Waals surface area contributed by atoms with E-state index < -0.39 is 16.7 Å². The molecule has 2 amide bonds. The lowest BCUT2D eigenvalue weighted by molar-refractivity contribution is -0.384. The monoisotopic (exact) mass is 535 g/mol. The summed E-state index contributed by atoms with van der Waals surface area (Å²) in [6.07, 6.45) is 1.46. The number of nitro benzene ring substituents is 1. The highest BCUT2D eigenvalue weighted by Crippen LogP contribution is 2.27. The predicted molar refractivity (Wildman–Crippen MR) is 133 cm³/mol. The van der Waals surface area contributed by atoms with Crippen LogP contribution in [0.3, 0.4) is 0 Å². The third-order valence-electron chi connectivity index (χ3n) is 4.93. The summed E-state index contributed by atoms with van der Waals surface area (Å²) in [6.45, 7) is -0.274. The normalized spacial score (nSPS) is 14.2. The van der Waals surface area contributed by atoms with Crippen LogP contribution in [0, 0.1) is 10.1 Å². The molecule has 0 radical (unpaired) electrons. The predicted octanol–water partition coefficient (Wildman–Crippen LogP) is 3.84. The molecular weight excluding hydrogens is 518 g/mol. The number of aliphatic imine (C=N–C) groups is 1. The molecule has 0 aliphatic carbocycles. The van der Waals surface area contributed by atoms with Gasteiger partial charge in [-0.2, -0.15) is 0 Å². The number of nitrogens with one attached hydrogen (secondary N) is 2. The van der Waals surface area contributed by atoms with E-state index in [0.717, 1.165) is 4.47 Å². The maximum absolute atomic E-state index is 13.2. The van der Waals surface area contributed by atoms with Gasteiger partial charge in [-0.15, -0.1) is 0 Å². The molecule has 35 heavy (non-hydrogen) atoms. The number of rotatable bonds is 7. The van der Waals surface area contributed by atoms with Crippen LogP contribution in [0.1, 0.15) is 11.1 Å². The number of phenolic OH excluding ortho intramolecular Hbond substituents is 1. The molecule has 0 saturated carbocycles. The zero-order valence-electron chi connectivity index (χ0n) is 18.0. The van der Waals surface area contributed by atoms with Crippen molar-refractivity contribution >= 4 is 51.0 Å². The molecule has 176 valence electrons. The van der Waals surface area contributed by atoms with Gasteiger partial charge in [-0.25, -0.2) is 15.4 Å². The molecule has 0 atom stereocenters. The lowest BCUT2D eigenvalue weighted by Crippen LogP contribution is -2.47. The van der Waals surface area contributed by atoms with E-state index >= 15 is 0 Å². The number of hydrogen-bond donors (Lipinski definition) is 3. The molecule has 10 nitrogen and oxygen atoms in total. The number of aromatic hydroxyl groups is 1. The number of amidine groups is 1. The number of amides is 2. The van der Waals surface area contributed by atoms with Gasteiger partial charge in [0, 0.05) is 33.4 Å². The quantitative estimate of drug-likeness (QED) is 0.239. The summed E-state index contributed by atoms with van der Waals surface area (Å²) in [5.74, 6) is -0.703. The maximum Gasteiger partial charge on any atom is 0.292 e. The Bertz CT molecular complexity index is 1360. The Hall–Kier alpha value is -4.35. The van der Waals surface area contributed by atoms with Crippen LogP contribution in [-0.2, 0) is 9.59 Å². The van der Waals surface area contributed by atoms with Gasteiger partial charge in [0.05, 0.1) is 11.5 Å². The molecule has 0 saturated heterocycles. The summed E-state index contributed by atoms with van der Waals surface area (Å²) < 4.78 is 0.720. The lowest BCUT2D eigenvalue weighted by Gasteiger charge is -2.19. The minimum absolute atomic E-state index is 0.0150. The van der Waals surface area contributed by atoms with E-state index in [0.29, 0.717) is 22.6 Å². The highest BCUT2D eigenvalue weighted by Gasteiger charge is 2.31. The van der Waals surface area contributed by atoms with Gasteiger partial charge in [-0.3, -0.25) is 19.7 Å². The molecule has 1 aliphatic rings. The van der Waals surface area contributed by atoms with E-state index in [1.54, 1.807) is 36.4 Å². The minimum atomic E-state index is -0.532. The lowest BCUT2D eigenvalue weighted by atomic mass is 10.1. The fraction of sp³-hybridized carbons (Fsp3) is 0.0417. The van der Waals surface area contributed by atoms with Crippen LogP contribution in [0.25, 0.3) is 6.08 Å². The molecular formula is C24H18BrN5O5. The van der Waals surface area contributed by atoms with Crippen molar-refractivity contribution in [3.8, 4) is 5.75 Å². The summed E-state index contributed by atoms with van der Waals surface area (Å²) in [4.78, 5) is 40.3. The number of hydrazine groups is 1. The second-order valence-corrected chi connectivity index (χ2v) is 8.28. The Labute approximate surface area is 207 Å². The first-order valence-electron chi connectivity index (χ1n) is 10.3. The largest absolute Gasteiger partial charge is 0.507 e. The van der Waals surface area contributed by atoms with Gasteiger partial charge >= 0.3 is 0 Å². The van der Waals surface area contributed by atoms with Gasteiger partial charge in [0.1, 0.15) is 11.4 Å². The number of nitrogens with zero attached hydrogens (tertiary/aromatic N) is 3. The summed E-state index contributed by atoms with van der Waals surface area (Å²) >= 11 is 3.34. The molecule has 3 aromatic rings. The molecule has 0 spiro atoms. The summed E-state index contributed by atoms with van der Waals surface area (Å²) in [7, 11) is 0. The Morgan fingerprint density at radius 1 is 1.11 bits per heavy atom.